The second-order valence-electron chi connectivity index (χ2n) is 7.04. The highest BCUT2D eigenvalue weighted by atomic mass is 35.5. The van der Waals surface area contributed by atoms with Gasteiger partial charge in [-0.1, -0.05) is 29.8 Å². The van der Waals surface area contributed by atoms with Gasteiger partial charge in [-0.05, 0) is 61.7 Å². The van der Waals surface area contributed by atoms with Gasteiger partial charge in [0.15, 0.2) is 5.82 Å². The molecule has 0 bridgehead atoms. The zero-order chi connectivity index (χ0) is 20.2. The van der Waals surface area contributed by atoms with Crippen LogP contribution in [0.1, 0.15) is 18.4 Å². The minimum absolute atomic E-state index is 0.331. The van der Waals surface area contributed by atoms with Gasteiger partial charge in [-0.2, -0.15) is 0 Å². The van der Waals surface area contributed by atoms with E-state index in [0.29, 0.717) is 16.4 Å². The summed E-state index contributed by atoms with van der Waals surface area (Å²) in [6, 6.07) is 16.6. The molecule has 4 rings (SSSR count). The standard InChI is InChI=1S/C22H22ClN5O/c1-15-18(23)8-5-9-19(15)25-22(29)24-17-7-4-6-16(14-17)20-10-11-21(27-26-20)28-12-2-3-13-28/h4-11,14H,2-3,12-13H2,1H3,(H2,24,25,29). The van der Waals surface area contributed by atoms with Crippen LogP contribution >= 0.6 is 11.6 Å². The fourth-order valence-electron chi connectivity index (χ4n) is 3.38. The zero-order valence-corrected chi connectivity index (χ0v) is 16.9. The van der Waals surface area contributed by atoms with Gasteiger partial charge in [-0.15, -0.1) is 10.2 Å². The van der Waals surface area contributed by atoms with Gasteiger partial charge >= 0.3 is 6.03 Å². The summed E-state index contributed by atoms with van der Waals surface area (Å²) in [7, 11) is 0. The number of amides is 2. The van der Waals surface area contributed by atoms with Gasteiger partial charge in [0.2, 0.25) is 0 Å². The first-order valence-corrected chi connectivity index (χ1v) is 10.0. The van der Waals surface area contributed by atoms with Crippen molar-refractivity contribution in [2.45, 2.75) is 19.8 Å². The molecule has 0 unspecified atom stereocenters. The summed E-state index contributed by atoms with van der Waals surface area (Å²) in [4.78, 5) is 14.6. The van der Waals surface area contributed by atoms with Crippen molar-refractivity contribution in [3.63, 3.8) is 0 Å². The number of aromatic nitrogens is 2. The Balaban J connectivity index is 1.45. The molecule has 1 fully saturated rings. The first-order valence-electron chi connectivity index (χ1n) is 9.62. The molecule has 0 radical (unpaired) electrons. The Hall–Kier alpha value is -3.12. The van der Waals surface area contributed by atoms with Gasteiger partial charge < -0.3 is 15.5 Å². The second kappa shape index (κ2) is 8.49. The van der Waals surface area contributed by atoms with Crippen molar-refractivity contribution in [3.8, 4) is 11.3 Å². The number of hydrogen-bond acceptors (Lipinski definition) is 4. The maximum Gasteiger partial charge on any atom is 0.323 e. The Bertz CT molecular complexity index is 1020. The topological polar surface area (TPSA) is 70.2 Å². The lowest BCUT2D eigenvalue weighted by Gasteiger charge is -2.15. The Labute approximate surface area is 174 Å². The molecule has 1 aliphatic heterocycles. The number of anilines is 3. The molecule has 0 spiro atoms. The number of nitrogens with zero attached hydrogens (tertiary/aromatic N) is 3. The van der Waals surface area contributed by atoms with E-state index in [9.17, 15) is 4.79 Å². The molecule has 2 amide bonds. The summed E-state index contributed by atoms with van der Waals surface area (Å²) in [5.41, 5.74) is 3.83. The van der Waals surface area contributed by atoms with Crippen LogP contribution in [0, 0.1) is 6.92 Å². The quantitative estimate of drug-likeness (QED) is 0.611. The Morgan fingerprint density at radius 3 is 2.55 bits per heavy atom. The number of nitrogens with one attached hydrogen (secondary N) is 2. The third-order valence-electron chi connectivity index (χ3n) is 5.01. The smallest absolute Gasteiger partial charge is 0.323 e. The maximum absolute atomic E-state index is 12.4. The van der Waals surface area contributed by atoms with E-state index in [1.54, 1.807) is 12.1 Å². The Morgan fingerprint density at radius 2 is 1.79 bits per heavy atom. The molecule has 2 N–H and O–H groups in total. The van der Waals surface area contributed by atoms with Crippen molar-refractivity contribution in [3.05, 3.63) is 65.2 Å². The molecule has 2 heterocycles. The lowest BCUT2D eigenvalue weighted by atomic mass is 10.1. The van der Waals surface area contributed by atoms with E-state index in [2.05, 4.69) is 25.7 Å². The molecule has 29 heavy (non-hydrogen) atoms. The van der Waals surface area contributed by atoms with Crippen LogP contribution < -0.4 is 15.5 Å². The van der Waals surface area contributed by atoms with Gasteiger partial charge in [0, 0.05) is 35.1 Å². The van der Waals surface area contributed by atoms with E-state index < -0.39 is 0 Å². The average molecular weight is 408 g/mol. The summed E-state index contributed by atoms with van der Waals surface area (Å²) in [5.74, 6) is 0.914. The molecule has 1 aromatic heterocycles. The number of carbonyl (C=O) groups excluding carboxylic acids is 1. The number of rotatable bonds is 4. The van der Waals surface area contributed by atoms with Crippen molar-refractivity contribution >= 4 is 34.8 Å². The van der Waals surface area contributed by atoms with Crippen LogP contribution in [0.25, 0.3) is 11.3 Å². The van der Waals surface area contributed by atoms with Crippen molar-refractivity contribution in [2.24, 2.45) is 0 Å². The highest BCUT2D eigenvalue weighted by Crippen LogP contribution is 2.25. The Kier molecular flexibility index (Phi) is 5.62. The van der Waals surface area contributed by atoms with Gasteiger partial charge in [0.25, 0.3) is 0 Å². The minimum atomic E-state index is -0.331. The van der Waals surface area contributed by atoms with Crippen LogP contribution in [-0.4, -0.2) is 29.3 Å². The maximum atomic E-state index is 12.4. The molecular weight excluding hydrogens is 386 g/mol. The van der Waals surface area contributed by atoms with Crippen molar-refractivity contribution in [1.82, 2.24) is 10.2 Å². The molecule has 1 aliphatic rings. The second-order valence-corrected chi connectivity index (χ2v) is 7.45. The fourth-order valence-corrected chi connectivity index (χ4v) is 3.55. The number of urea groups is 1. The van der Waals surface area contributed by atoms with E-state index >= 15 is 0 Å². The van der Waals surface area contributed by atoms with E-state index in [0.717, 1.165) is 35.7 Å². The zero-order valence-electron chi connectivity index (χ0n) is 16.2. The molecule has 3 aromatic rings. The number of halogens is 1. The van der Waals surface area contributed by atoms with E-state index in [-0.39, 0.29) is 6.03 Å². The molecule has 0 aliphatic carbocycles. The molecule has 2 aromatic carbocycles. The summed E-state index contributed by atoms with van der Waals surface area (Å²) in [6.45, 7) is 3.94. The molecule has 0 saturated carbocycles. The molecular formula is C22H22ClN5O. The third kappa shape index (κ3) is 4.49. The molecule has 6 nitrogen and oxygen atoms in total. The van der Waals surface area contributed by atoms with Crippen LogP contribution in [0.15, 0.2) is 54.6 Å². The molecule has 0 atom stereocenters. The highest BCUT2D eigenvalue weighted by Gasteiger charge is 2.14. The van der Waals surface area contributed by atoms with Crippen LogP contribution in [0.2, 0.25) is 5.02 Å². The normalized spacial score (nSPS) is 13.4. The number of benzene rings is 2. The first kappa shape index (κ1) is 19.2. The van der Waals surface area contributed by atoms with Crippen LogP contribution in [0.4, 0.5) is 22.0 Å². The summed E-state index contributed by atoms with van der Waals surface area (Å²) in [6.07, 6.45) is 2.40. The predicted octanol–water partition coefficient (Wildman–Crippen LogP) is 5.35. The van der Waals surface area contributed by atoms with E-state index in [1.807, 2.05) is 49.4 Å². The third-order valence-corrected chi connectivity index (χ3v) is 5.42. The number of hydrogen-bond donors (Lipinski definition) is 2. The Morgan fingerprint density at radius 1 is 1.00 bits per heavy atom. The van der Waals surface area contributed by atoms with Gasteiger partial charge in [0.1, 0.15) is 0 Å². The van der Waals surface area contributed by atoms with E-state index in [4.69, 9.17) is 11.6 Å². The van der Waals surface area contributed by atoms with Gasteiger partial charge in [-0.25, -0.2) is 4.79 Å². The van der Waals surface area contributed by atoms with Crippen molar-refractivity contribution in [2.75, 3.05) is 28.6 Å². The lowest BCUT2D eigenvalue weighted by Crippen LogP contribution is -2.20. The SMILES string of the molecule is Cc1c(Cl)cccc1NC(=O)Nc1cccc(-c2ccc(N3CCCC3)nn2)c1. The largest absolute Gasteiger partial charge is 0.355 e. The molecule has 148 valence electrons. The lowest BCUT2D eigenvalue weighted by molar-refractivity contribution is 0.262. The van der Waals surface area contributed by atoms with Gasteiger partial charge in [-0.3, -0.25) is 0 Å². The first-order chi connectivity index (χ1) is 14.1. The monoisotopic (exact) mass is 407 g/mol. The minimum Gasteiger partial charge on any atom is -0.355 e. The molecule has 7 heteroatoms. The predicted molar refractivity (Wildman–Crippen MR) is 118 cm³/mol. The molecule has 1 saturated heterocycles. The highest BCUT2D eigenvalue weighted by molar-refractivity contribution is 6.31. The summed E-state index contributed by atoms with van der Waals surface area (Å²) >= 11 is 6.11. The summed E-state index contributed by atoms with van der Waals surface area (Å²) in [5, 5.41) is 15.0. The van der Waals surface area contributed by atoms with Crippen molar-refractivity contribution in [1.29, 1.82) is 0 Å². The van der Waals surface area contributed by atoms with E-state index in [1.165, 1.54) is 12.8 Å². The van der Waals surface area contributed by atoms with Crippen molar-refractivity contribution < 1.29 is 4.79 Å². The van der Waals surface area contributed by atoms with Crippen LogP contribution in [0.3, 0.4) is 0 Å². The van der Waals surface area contributed by atoms with Crippen LogP contribution in [0.5, 0.6) is 0 Å². The average Bonchev–Trinajstić information content (AvgIpc) is 3.27. The fraction of sp³-hybridized carbons (Fsp3) is 0.227. The van der Waals surface area contributed by atoms with Gasteiger partial charge in [0.05, 0.1) is 5.69 Å². The van der Waals surface area contributed by atoms with Crippen LogP contribution in [-0.2, 0) is 0 Å². The summed E-state index contributed by atoms with van der Waals surface area (Å²) < 4.78 is 0. The number of carbonyl (C=O) groups is 1.